The predicted octanol–water partition coefficient (Wildman–Crippen LogP) is 4.13. The van der Waals surface area contributed by atoms with Gasteiger partial charge in [-0.2, -0.15) is 0 Å². The maximum absolute atomic E-state index is 13.2. The van der Waals surface area contributed by atoms with Gasteiger partial charge in [-0.3, -0.25) is 0 Å². The molecule has 0 saturated carbocycles. The van der Waals surface area contributed by atoms with Crippen LogP contribution in [0, 0.1) is 17.5 Å². The van der Waals surface area contributed by atoms with E-state index in [1.54, 1.807) is 12.1 Å². The molecule has 0 aliphatic heterocycles. The van der Waals surface area contributed by atoms with Gasteiger partial charge >= 0.3 is 0 Å². The van der Waals surface area contributed by atoms with Gasteiger partial charge in [0.15, 0.2) is 17.5 Å². The molecule has 0 saturated heterocycles. The Morgan fingerprint density at radius 1 is 1.10 bits per heavy atom. The van der Waals surface area contributed by atoms with Gasteiger partial charge in [-0.1, -0.05) is 19.4 Å². The number of methoxy groups -OCH3 is 1. The van der Waals surface area contributed by atoms with Gasteiger partial charge in [0.25, 0.3) is 0 Å². The van der Waals surface area contributed by atoms with Crippen molar-refractivity contribution in [3.8, 4) is 17.1 Å². The van der Waals surface area contributed by atoms with Crippen LogP contribution in [0.15, 0.2) is 24.3 Å². The number of aryl methyl sites for hydroxylation is 1. The van der Waals surface area contributed by atoms with E-state index in [-0.39, 0.29) is 5.56 Å². The fourth-order valence-corrected chi connectivity index (χ4v) is 1.97. The smallest absolute Gasteiger partial charge is 0.216 e. The summed E-state index contributed by atoms with van der Waals surface area (Å²) in [6.07, 6.45) is 1.72. The van der Waals surface area contributed by atoms with E-state index in [1.165, 1.54) is 7.11 Å². The summed E-state index contributed by atoms with van der Waals surface area (Å²) in [6.45, 7) is 2.03. The molecule has 0 amide bonds. The summed E-state index contributed by atoms with van der Waals surface area (Å²) in [5, 5.41) is 0. The van der Waals surface area contributed by atoms with Gasteiger partial charge in [0.1, 0.15) is 0 Å². The molecule has 0 spiro atoms. The molecule has 2 nitrogen and oxygen atoms in total. The minimum Gasteiger partial charge on any atom is -0.481 e. The van der Waals surface area contributed by atoms with Crippen LogP contribution in [0.5, 0.6) is 5.88 Å². The second kappa shape index (κ2) is 5.94. The first-order valence-electron chi connectivity index (χ1n) is 6.25. The van der Waals surface area contributed by atoms with Crippen LogP contribution in [0.2, 0.25) is 0 Å². The number of pyridine rings is 1. The molecule has 0 bridgehead atoms. The molecule has 5 heteroatoms. The third-order valence-corrected chi connectivity index (χ3v) is 2.93. The Hall–Kier alpha value is -2.04. The summed E-state index contributed by atoms with van der Waals surface area (Å²) in [5.41, 5.74) is 1.42. The van der Waals surface area contributed by atoms with Crippen LogP contribution in [0.4, 0.5) is 13.2 Å². The first kappa shape index (κ1) is 14.4. The maximum atomic E-state index is 13.2. The van der Waals surface area contributed by atoms with Gasteiger partial charge in [0.2, 0.25) is 5.88 Å². The Bertz CT molecular complexity index is 606. The van der Waals surface area contributed by atoms with E-state index in [4.69, 9.17) is 4.74 Å². The van der Waals surface area contributed by atoms with Crippen LogP contribution in [0.1, 0.15) is 18.9 Å². The highest BCUT2D eigenvalue weighted by Gasteiger charge is 2.13. The molecule has 0 aliphatic carbocycles. The van der Waals surface area contributed by atoms with E-state index in [0.717, 1.165) is 30.5 Å². The van der Waals surface area contributed by atoms with Crippen LogP contribution < -0.4 is 4.74 Å². The summed E-state index contributed by atoms with van der Waals surface area (Å²) in [4.78, 5) is 4.21. The Morgan fingerprint density at radius 3 is 2.30 bits per heavy atom. The topological polar surface area (TPSA) is 22.1 Å². The third-order valence-electron chi connectivity index (χ3n) is 2.93. The number of ether oxygens (including phenoxy) is 1. The molecule has 0 atom stereocenters. The lowest BCUT2D eigenvalue weighted by Gasteiger charge is -2.09. The van der Waals surface area contributed by atoms with Gasteiger partial charge in [0.05, 0.1) is 12.8 Å². The number of benzene rings is 1. The van der Waals surface area contributed by atoms with E-state index in [0.29, 0.717) is 11.6 Å². The van der Waals surface area contributed by atoms with Crippen molar-refractivity contribution in [2.75, 3.05) is 7.11 Å². The van der Waals surface area contributed by atoms with E-state index in [9.17, 15) is 13.2 Å². The van der Waals surface area contributed by atoms with Crippen molar-refractivity contribution >= 4 is 0 Å². The van der Waals surface area contributed by atoms with E-state index < -0.39 is 17.5 Å². The third kappa shape index (κ3) is 2.76. The second-order valence-corrected chi connectivity index (χ2v) is 4.37. The lowest BCUT2D eigenvalue weighted by Crippen LogP contribution is -1.98. The van der Waals surface area contributed by atoms with E-state index in [2.05, 4.69) is 4.98 Å². The molecular weight excluding hydrogens is 267 g/mol. The molecule has 0 radical (unpaired) electrons. The average molecular weight is 281 g/mol. The molecule has 106 valence electrons. The number of aromatic nitrogens is 1. The van der Waals surface area contributed by atoms with Crippen molar-refractivity contribution in [3.63, 3.8) is 0 Å². The summed E-state index contributed by atoms with van der Waals surface area (Å²) >= 11 is 0. The van der Waals surface area contributed by atoms with Crippen LogP contribution in [-0.2, 0) is 6.42 Å². The highest BCUT2D eigenvalue weighted by Crippen LogP contribution is 2.26. The zero-order valence-electron chi connectivity index (χ0n) is 11.2. The molecule has 20 heavy (non-hydrogen) atoms. The van der Waals surface area contributed by atoms with Crippen LogP contribution in [0.3, 0.4) is 0 Å². The minimum atomic E-state index is -1.48. The second-order valence-electron chi connectivity index (χ2n) is 4.37. The highest BCUT2D eigenvalue weighted by atomic mass is 19.2. The molecule has 0 unspecified atom stereocenters. The summed E-state index contributed by atoms with van der Waals surface area (Å²) in [6, 6.07) is 5.27. The molecule has 1 aromatic carbocycles. The van der Waals surface area contributed by atoms with Gasteiger partial charge in [-0.15, -0.1) is 0 Å². The predicted molar refractivity (Wildman–Crippen MR) is 70.1 cm³/mol. The molecule has 0 fully saturated rings. The highest BCUT2D eigenvalue weighted by molar-refractivity contribution is 5.60. The summed E-state index contributed by atoms with van der Waals surface area (Å²) in [7, 11) is 1.48. The number of hydrogen-bond donors (Lipinski definition) is 0. The molecular formula is C15H14F3NO. The Labute approximate surface area is 115 Å². The first-order valence-corrected chi connectivity index (χ1v) is 6.25. The van der Waals surface area contributed by atoms with Gasteiger partial charge < -0.3 is 4.74 Å². The van der Waals surface area contributed by atoms with Crippen molar-refractivity contribution < 1.29 is 17.9 Å². The molecule has 0 aliphatic rings. The lowest BCUT2D eigenvalue weighted by molar-refractivity contribution is 0.392. The number of nitrogens with zero attached hydrogens (tertiary/aromatic N) is 1. The quantitative estimate of drug-likeness (QED) is 0.786. The van der Waals surface area contributed by atoms with Gasteiger partial charge in [-0.05, 0) is 24.6 Å². The zero-order chi connectivity index (χ0) is 14.7. The molecule has 0 N–H and O–H groups in total. The van der Waals surface area contributed by atoms with Crippen molar-refractivity contribution in [1.82, 2.24) is 4.98 Å². The SMILES string of the molecule is CCCc1ccc(-c2cc(F)c(F)c(F)c2)nc1OC. The fourth-order valence-electron chi connectivity index (χ4n) is 1.97. The fraction of sp³-hybridized carbons (Fsp3) is 0.267. The maximum Gasteiger partial charge on any atom is 0.216 e. The average Bonchev–Trinajstić information content (AvgIpc) is 2.45. The lowest BCUT2D eigenvalue weighted by atomic mass is 10.1. The van der Waals surface area contributed by atoms with E-state index in [1.807, 2.05) is 6.92 Å². The van der Waals surface area contributed by atoms with Crippen molar-refractivity contribution in [2.24, 2.45) is 0 Å². The normalized spacial score (nSPS) is 10.7. The number of rotatable bonds is 4. The first-order chi connectivity index (χ1) is 9.56. The van der Waals surface area contributed by atoms with Crippen molar-refractivity contribution in [3.05, 3.63) is 47.3 Å². The standard InChI is InChI=1S/C15H14F3NO/c1-3-4-9-5-6-13(19-15(9)20-2)10-7-11(16)14(18)12(17)8-10/h5-8H,3-4H2,1-2H3. The Kier molecular flexibility index (Phi) is 4.27. The van der Waals surface area contributed by atoms with Crippen molar-refractivity contribution in [2.45, 2.75) is 19.8 Å². The largest absolute Gasteiger partial charge is 0.481 e. The Morgan fingerprint density at radius 2 is 1.75 bits per heavy atom. The zero-order valence-corrected chi connectivity index (χ0v) is 11.2. The number of hydrogen-bond acceptors (Lipinski definition) is 2. The Balaban J connectivity index is 2.48. The van der Waals surface area contributed by atoms with Crippen molar-refractivity contribution in [1.29, 1.82) is 0 Å². The van der Waals surface area contributed by atoms with Crippen LogP contribution >= 0.6 is 0 Å². The molecule has 2 rings (SSSR count). The van der Waals surface area contributed by atoms with Gasteiger partial charge in [0, 0.05) is 11.1 Å². The number of halogens is 3. The minimum absolute atomic E-state index is 0.169. The van der Waals surface area contributed by atoms with Crippen LogP contribution in [0.25, 0.3) is 11.3 Å². The van der Waals surface area contributed by atoms with E-state index >= 15 is 0 Å². The van der Waals surface area contributed by atoms with Gasteiger partial charge in [-0.25, -0.2) is 18.2 Å². The molecule has 1 heterocycles. The summed E-state index contributed by atoms with van der Waals surface area (Å²) < 4.78 is 44.6. The molecule has 2 aromatic rings. The monoisotopic (exact) mass is 281 g/mol. The van der Waals surface area contributed by atoms with Crippen LogP contribution in [-0.4, -0.2) is 12.1 Å². The molecule has 1 aromatic heterocycles. The summed E-state index contributed by atoms with van der Waals surface area (Å²) in [5.74, 6) is -3.55.